The van der Waals surface area contributed by atoms with Crippen molar-refractivity contribution in [3.8, 4) is 0 Å². The van der Waals surface area contributed by atoms with E-state index in [9.17, 15) is 10.1 Å². The quantitative estimate of drug-likeness (QED) is 0.369. The van der Waals surface area contributed by atoms with Gasteiger partial charge in [-0.25, -0.2) is 0 Å². The van der Waals surface area contributed by atoms with Crippen LogP contribution in [0.3, 0.4) is 0 Å². The molecule has 0 aliphatic heterocycles. The largest absolute Gasteiger partial charge is 0.393 e. The molecule has 2 N–H and O–H groups in total. The van der Waals surface area contributed by atoms with Crippen LogP contribution in [0.2, 0.25) is 0 Å². The summed E-state index contributed by atoms with van der Waals surface area (Å²) in [4.78, 5) is 11.1. The summed E-state index contributed by atoms with van der Waals surface area (Å²) >= 11 is 1.67. The molecule has 1 saturated carbocycles. The minimum atomic E-state index is -0.434. The maximum absolute atomic E-state index is 10.6. The molecule has 0 amide bonds. The first-order valence-electron chi connectivity index (χ1n) is 4.83. The third kappa shape index (κ3) is 2.62. The van der Waals surface area contributed by atoms with Crippen LogP contribution in [0, 0.1) is 16.0 Å². The van der Waals surface area contributed by atoms with Gasteiger partial charge in [-0.1, -0.05) is 0 Å². The summed E-state index contributed by atoms with van der Waals surface area (Å²) in [5.41, 5.74) is 5.75. The van der Waals surface area contributed by atoms with Gasteiger partial charge in [0.05, 0.1) is 4.92 Å². The number of hydrogen-bond acceptors (Lipinski definition) is 4. The molecule has 1 fully saturated rings. The van der Waals surface area contributed by atoms with E-state index < -0.39 is 4.92 Å². The smallest absolute Gasteiger partial charge is 0.293 e. The predicted octanol–water partition coefficient (Wildman–Crippen LogP) is 2.68. The Morgan fingerprint density at radius 1 is 1.53 bits per heavy atom. The van der Waals surface area contributed by atoms with Gasteiger partial charge in [0.15, 0.2) is 0 Å². The van der Waals surface area contributed by atoms with E-state index >= 15 is 0 Å². The maximum Gasteiger partial charge on any atom is 0.293 e. The Bertz CT molecular complexity index is 391. The van der Waals surface area contributed by atoms with Crippen molar-refractivity contribution >= 4 is 23.1 Å². The summed E-state index contributed by atoms with van der Waals surface area (Å²) in [7, 11) is 0. The summed E-state index contributed by atoms with van der Waals surface area (Å²) in [5, 5.41) is 10.6. The number of nitrogen functional groups attached to an aromatic ring is 1. The molecule has 1 aliphatic rings. The molecule has 5 heteroatoms. The Labute approximate surface area is 92.0 Å². The number of benzene rings is 1. The monoisotopic (exact) mass is 224 g/mol. The number of hydrogen-bond donors (Lipinski definition) is 1. The average Bonchev–Trinajstić information content (AvgIpc) is 3.00. The highest BCUT2D eigenvalue weighted by Gasteiger charge is 2.21. The van der Waals surface area contributed by atoms with E-state index in [4.69, 9.17) is 5.73 Å². The number of nitrogens with zero attached hydrogens (tertiary/aromatic N) is 1. The second kappa shape index (κ2) is 4.10. The van der Waals surface area contributed by atoms with Gasteiger partial charge in [-0.05, 0) is 30.9 Å². The number of anilines is 1. The van der Waals surface area contributed by atoms with Gasteiger partial charge in [-0.15, -0.1) is 11.8 Å². The molecule has 0 saturated heterocycles. The van der Waals surface area contributed by atoms with Crippen LogP contribution in [-0.4, -0.2) is 10.7 Å². The fraction of sp³-hybridized carbons (Fsp3) is 0.400. The maximum atomic E-state index is 10.6. The van der Waals surface area contributed by atoms with E-state index in [1.165, 1.54) is 12.8 Å². The number of nitrogens with two attached hydrogens (primary N) is 1. The van der Waals surface area contributed by atoms with Gasteiger partial charge >= 0.3 is 0 Å². The molecule has 80 valence electrons. The molecule has 0 radical (unpaired) electrons. The van der Waals surface area contributed by atoms with Gasteiger partial charge in [0.2, 0.25) is 0 Å². The zero-order valence-corrected chi connectivity index (χ0v) is 9.00. The first kappa shape index (κ1) is 10.3. The van der Waals surface area contributed by atoms with Crippen LogP contribution in [0.5, 0.6) is 0 Å². The van der Waals surface area contributed by atoms with E-state index in [0.717, 1.165) is 16.6 Å². The number of rotatable bonds is 4. The molecule has 0 spiro atoms. The molecule has 0 unspecified atom stereocenters. The van der Waals surface area contributed by atoms with Crippen LogP contribution in [0.25, 0.3) is 0 Å². The van der Waals surface area contributed by atoms with Crippen molar-refractivity contribution < 1.29 is 4.92 Å². The lowest BCUT2D eigenvalue weighted by atomic mass is 10.3. The Morgan fingerprint density at radius 3 is 2.87 bits per heavy atom. The molecule has 1 aromatic carbocycles. The summed E-state index contributed by atoms with van der Waals surface area (Å²) in [6.07, 6.45) is 2.59. The van der Waals surface area contributed by atoms with Gasteiger partial charge in [0.25, 0.3) is 5.69 Å². The molecule has 1 aromatic rings. The third-order valence-electron chi connectivity index (χ3n) is 2.38. The number of thioether (sulfide) groups is 1. The van der Waals surface area contributed by atoms with Gasteiger partial charge < -0.3 is 5.73 Å². The highest BCUT2D eigenvalue weighted by Crippen LogP contribution is 2.36. The van der Waals surface area contributed by atoms with E-state index in [0.29, 0.717) is 0 Å². The van der Waals surface area contributed by atoms with Crippen LogP contribution in [0.4, 0.5) is 11.4 Å². The van der Waals surface area contributed by atoms with E-state index in [2.05, 4.69) is 0 Å². The predicted molar refractivity (Wildman–Crippen MR) is 61.0 cm³/mol. The zero-order chi connectivity index (χ0) is 10.8. The Kier molecular flexibility index (Phi) is 2.81. The van der Waals surface area contributed by atoms with Crippen molar-refractivity contribution in [2.24, 2.45) is 5.92 Å². The SMILES string of the molecule is Nc1ccc(SCC2CC2)cc1[N+](=O)[O-]. The Morgan fingerprint density at radius 2 is 2.27 bits per heavy atom. The van der Waals surface area contributed by atoms with Crippen molar-refractivity contribution in [1.29, 1.82) is 0 Å². The normalized spacial score (nSPS) is 15.2. The summed E-state index contributed by atoms with van der Waals surface area (Å²) in [6, 6.07) is 5.01. The molecular formula is C10H12N2O2S. The molecule has 1 aliphatic carbocycles. The highest BCUT2D eigenvalue weighted by molar-refractivity contribution is 7.99. The molecule has 0 bridgehead atoms. The van der Waals surface area contributed by atoms with Crippen LogP contribution < -0.4 is 5.73 Å². The van der Waals surface area contributed by atoms with Crippen molar-refractivity contribution in [3.63, 3.8) is 0 Å². The zero-order valence-electron chi connectivity index (χ0n) is 8.18. The second-order valence-corrected chi connectivity index (χ2v) is 4.83. The molecule has 0 atom stereocenters. The van der Waals surface area contributed by atoms with Crippen LogP contribution in [0.1, 0.15) is 12.8 Å². The van der Waals surface area contributed by atoms with Crippen molar-refractivity contribution in [1.82, 2.24) is 0 Å². The minimum absolute atomic E-state index is 0.01000. The van der Waals surface area contributed by atoms with Crippen LogP contribution in [0.15, 0.2) is 23.1 Å². The molecular weight excluding hydrogens is 212 g/mol. The highest BCUT2D eigenvalue weighted by atomic mass is 32.2. The van der Waals surface area contributed by atoms with Gasteiger partial charge in [-0.3, -0.25) is 10.1 Å². The number of nitro groups is 1. The molecule has 4 nitrogen and oxygen atoms in total. The fourth-order valence-corrected chi connectivity index (χ4v) is 2.39. The van der Waals surface area contributed by atoms with Gasteiger partial charge in [0, 0.05) is 16.7 Å². The third-order valence-corrected chi connectivity index (χ3v) is 3.61. The van der Waals surface area contributed by atoms with Gasteiger partial charge in [-0.2, -0.15) is 0 Å². The van der Waals surface area contributed by atoms with Crippen molar-refractivity contribution in [2.45, 2.75) is 17.7 Å². The second-order valence-electron chi connectivity index (χ2n) is 3.73. The van der Waals surface area contributed by atoms with Crippen molar-refractivity contribution in [3.05, 3.63) is 28.3 Å². The molecule has 0 heterocycles. The summed E-state index contributed by atoms with van der Waals surface area (Å²) < 4.78 is 0. The minimum Gasteiger partial charge on any atom is -0.393 e. The average molecular weight is 224 g/mol. The molecule has 2 rings (SSSR count). The number of nitro benzene ring substituents is 1. The van der Waals surface area contributed by atoms with Crippen LogP contribution >= 0.6 is 11.8 Å². The lowest BCUT2D eigenvalue weighted by Crippen LogP contribution is -1.95. The van der Waals surface area contributed by atoms with Gasteiger partial charge in [0.1, 0.15) is 5.69 Å². The van der Waals surface area contributed by atoms with E-state index in [1.54, 1.807) is 23.9 Å². The fourth-order valence-electron chi connectivity index (χ4n) is 1.27. The summed E-state index contributed by atoms with van der Waals surface area (Å²) in [6.45, 7) is 0. The Balaban J connectivity index is 2.10. The molecule has 0 aromatic heterocycles. The summed E-state index contributed by atoms with van der Waals surface area (Å²) in [5.74, 6) is 1.87. The standard InChI is InChI=1S/C10H12N2O2S/c11-9-4-3-8(5-10(9)12(13)14)15-6-7-1-2-7/h3-5,7H,1-2,6,11H2. The molecule has 15 heavy (non-hydrogen) atoms. The lowest BCUT2D eigenvalue weighted by molar-refractivity contribution is -0.384. The Hall–Kier alpha value is -1.23. The van der Waals surface area contributed by atoms with Crippen molar-refractivity contribution in [2.75, 3.05) is 11.5 Å². The topological polar surface area (TPSA) is 69.2 Å². The van der Waals surface area contributed by atoms with E-state index in [-0.39, 0.29) is 11.4 Å². The lowest BCUT2D eigenvalue weighted by Gasteiger charge is -2.02. The first-order valence-corrected chi connectivity index (χ1v) is 5.82. The van der Waals surface area contributed by atoms with Crippen LogP contribution in [-0.2, 0) is 0 Å². The van der Waals surface area contributed by atoms with E-state index in [1.807, 2.05) is 6.07 Å². The first-order chi connectivity index (χ1) is 7.16.